The molecule has 0 fully saturated rings. The molecular weight excluding hydrogens is 188 g/mol. The lowest BCUT2D eigenvalue weighted by atomic mass is 10.1. The minimum Gasteiger partial charge on any atom is -0.374 e. The Balaban J connectivity index is 2.48. The Bertz CT molecular complexity index is 245. The second kappa shape index (κ2) is 5.91. The summed E-state index contributed by atoms with van der Waals surface area (Å²) in [6.07, 6.45) is 5.42. The van der Waals surface area contributed by atoms with E-state index in [0.717, 1.165) is 13.0 Å². The molecule has 1 heterocycles. The van der Waals surface area contributed by atoms with Crippen molar-refractivity contribution < 1.29 is 4.74 Å². The number of aromatic nitrogens is 2. The lowest BCUT2D eigenvalue weighted by Crippen LogP contribution is -2.25. The van der Waals surface area contributed by atoms with Gasteiger partial charge in [-0.2, -0.15) is 5.10 Å². The van der Waals surface area contributed by atoms with E-state index in [1.807, 2.05) is 23.1 Å². The van der Waals surface area contributed by atoms with Crippen LogP contribution in [0.15, 0.2) is 18.5 Å². The van der Waals surface area contributed by atoms with Crippen molar-refractivity contribution in [2.45, 2.75) is 52.9 Å². The number of hydrogen-bond donors (Lipinski definition) is 0. The Hall–Kier alpha value is -0.830. The predicted octanol–water partition coefficient (Wildman–Crippen LogP) is 2.72. The SMILES string of the molecule is CC(C)CC(Cn1cccn1)OC(C)C. The molecule has 0 N–H and O–H groups in total. The molecule has 1 atom stereocenters. The number of ether oxygens (including phenoxy) is 1. The third kappa shape index (κ3) is 4.98. The van der Waals surface area contributed by atoms with Crippen molar-refractivity contribution in [3.8, 4) is 0 Å². The van der Waals surface area contributed by atoms with E-state index in [1.165, 1.54) is 0 Å². The van der Waals surface area contributed by atoms with Gasteiger partial charge in [-0.1, -0.05) is 13.8 Å². The van der Waals surface area contributed by atoms with Crippen molar-refractivity contribution >= 4 is 0 Å². The zero-order chi connectivity index (χ0) is 11.3. The van der Waals surface area contributed by atoms with Gasteiger partial charge in [-0.15, -0.1) is 0 Å². The summed E-state index contributed by atoms with van der Waals surface area (Å²) in [6.45, 7) is 9.45. The fourth-order valence-corrected chi connectivity index (χ4v) is 1.70. The molecule has 0 aliphatic carbocycles. The van der Waals surface area contributed by atoms with Crippen molar-refractivity contribution in [3.63, 3.8) is 0 Å². The van der Waals surface area contributed by atoms with Gasteiger partial charge in [0.25, 0.3) is 0 Å². The Kier molecular flexibility index (Phi) is 4.82. The van der Waals surface area contributed by atoms with Crippen LogP contribution in [0.1, 0.15) is 34.1 Å². The van der Waals surface area contributed by atoms with Crippen molar-refractivity contribution in [1.29, 1.82) is 0 Å². The highest BCUT2D eigenvalue weighted by molar-refractivity contribution is 4.79. The van der Waals surface area contributed by atoms with Gasteiger partial charge in [0.05, 0.1) is 18.8 Å². The Morgan fingerprint density at radius 3 is 2.47 bits per heavy atom. The fraction of sp³-hybridized carbons (Fsp3) is 0.750. The molecule has 0 spiro atoms. The summed E-state index contributed by atoms with van der Waals surface area (Å²) >= 11 is 0. The van der Waals surface area contributed by atoms with Gasteiger partial charge in [0.1, 0.15) is 0 Å². The highest BCUT2D eigenvalue weighted by atomic mass is 16.5. The molecule has 1 unspecified atom stereocenters. The average molecular weight is 210 g/mol. The summed E-state index contributed by atoms with van der Waals surface area (Å²) < 4.78 is 7.81. The molecule has 1 aromatic rings. The molecule has 86 valence electrons. The van der Waals surface area contributed by atoms with Crippen molar-refractivity contribution in [1.82, 2.24) is 9.78 Å². The molecule has 3 heteroatoms. The van der Waals surface area contributed by atoms with Crippen molar-refractivity contribution in [3.05, 3.63) is 18.5 Å². The molecule has 0 aliphatic rings. The van der Waals surface area contributed by atoms with Crippen LogP contribution in [0, 0.1) is 5.92 Å². The normalized spacial score (nSPS) is 13.7. The quantitative estimate of drug-likeness (QED) is 0.722. The molecule has 0 amide bonds. The molecule has 0 aromatic carbocycles. The first kappa shape index (κ1) is 12.2. The fourth-order valence-electron chi connectivity index (χ4n) is 1.70. The second-order valence-electron chi connectivity index (χ2n) is 4.66. The molecular formula is C12H22N2O. The van der Waals surface area contributed by atoms with E-state index in [2.05, 4.69) is 32.8 Å². The first-order valence-corrected chi connectivity index (χ1v) is 5.70. The lowest BCUT2D eigenvalue weighted by molar-refractivity contribution is -0.0142. The van der Waals surface area contributed by atoms with E-state index in [1.54, 1.807) is 0 Å². The summed E-state index contributed by atoms with van der Waals surface area (Å²) in [5.74, 6) is 0.657. The van der Waals surface area contributed by atoms with E-state index in [0.29, 0.717) is 5.92 Å². The largest absolute Gasteiger partial charge is 0.374 e. The smallest absolute Gasteiger partial charge is 0.0776 e. The van der Waals surface area contributed by atoms with Gasteiger partial charge >= 0.3 is 0 Å². The maximum atomic E-state index is 5.87. The van der Waals surface area contributed by atoms with E-state index in [4.69, 9.17) is 4.74 Å². The van der Waals surface area contributed by atoms with E-state index < -0.39 is 0 Å². The van der Waals surface area contributed by atoms with Crippen LogP contribution in [0.3, 0.4) is 0 Å². The number of rotatable bonds is 6. The Morgan fingerprint density at radius 1 is 1.27 bits per heavy atom. The Morgan fingerprint density at radius 2 is 2.00 bits per heavy atom. The van der Waals surface area contributed by atoms with Gasteiger partial charge in [0.2, 0.25) is 0 Å². The first-order valence-electron chi connectivity index (χ1n) is 5.70. The summed E-state index contributed by atoms with van der Waals surface area (Å²) in [5, 5.41) is 4.21. The van der Waals surface area contributed by atoms with Crippen LogP contribution in [0.5, 0.6) is 0 Å². The second-order valence-corrected chi connectivity index (χ2v) is 4.66. The third-order valence-electron chi connectivity index (χ3n) is 2.15. The Labute approximate surface area is 92.4 Å². The van der Waals surface area contributed by atoms with Crippen LogP contribution in [0.4, 0.5) is 0 Å². The molecule has 1 rings (SSSR count). The van der Waals surface area contributed by atoms with Crippen LogP contribution in [-0.2, 0) is 11.3 Å². The molecule has 0 saturated carbocycles. The van der Waals surface area contributed by atoms with Crippen LogP contribution in [0.2, 0.25) is 0 Å². The molecule has 15 heavy (non-hydrogen) atoms. The van der Waals surface area contributed by atoms with Crippen molar-refractivity contribution in [2.24, 2.45) is 5.92 Å². The number of nitrogens with zero attached hydrogens (tertiary/aromatic N) is 2. The molecule has 0 bridgehead atoms. The third-order valence-corrected chi connectivity index (χ3v) is 2.15. The minimum atomic E-state index is 0.268. The number of hydrogen-bond acceptors (Lipinski definition) is 2. The van der Waals surface area contributed by atoms with Crippen LogP contribution in [-0.4, -0.2) is 22.0 Å². The zero-order valence-electron chi connectivity index (χ0n) is 10.2. The van der Waals surface area contributed by atoms with E-state index in [9.17, 15) is 0 Å². The van der Waals surface area contributed by atoms with Gasteiger partial charge in [-0.25, -0.2) is 0 Å². The minimum absolute atomic E-state index is 0.268. The molecule has 3 nitrogen and oxygen atoms in total. The van der Waals surface area contributed by atoms with Gasteiger partial charge in [-0.3, -0.25) is 4.68 Å². The monoisotopic (exact) mass is 210 g/mol. The molecule has 0 radical (unpaired) electrons. The highest BCUT2D eigenvalue weighted by Gasteiger charge is 2.13. The van der Waals surface area contributed by atoms with E-state index >= 15 is 0 Å². The molecule has 0 saturated heterocycles. The average Bonchev–Trinajstić information content (AvgIpc) is 2.53. The van der Waals surface area contributed by atoms with Gasteiger partial charge < -0.3 is 4.74 Å². The van der Waals surface area contributed by atoms with Crippen LogP contribution >= 0.6 is 0 Å². The summed E-state index contributed by atoms with van der Waals surface area (Å²) in [7, 11) is 0. The lowest BCUT2D eigenvalue weighted by Gasteiger charge is -2.22. The highest BCUT2D eigenvalue weighted by Crippen LogP contribution is 2.12. The predicted molar refractivity (Wildman–Crippen MR) is 61.7 cm³/mol. The molecule has 0 aliphatic heterocycles. The summed E-state index contributed by atoms with van der Waals surface area (Å²) in [5.41, 5.74) is 0. The summed E-state index contributed by atoms with van der Waals surface area (Å²) in [6, 6.07) is 1.95. The summed E-state index contributed by atoms with van der Waals surface area (Å²) in [4.78, 5) is 0. The maximum absolute atomic E-state index is 5.87. The standard InChI is InChI=1S/C12H22N2O/c1-10(2)8-12(15-11(3)4)9-14-7-5-6-13-14/h5-7,10-12H,8-9H2,1-4H3. The van der Waals surface area contributed by atoms with E-state index in [-0.39, 0.29) is 12.2 Å². The first-order chi connectivity index (χ1) is 7.08. The zero-order valence-corrected chi connectivity index (χ0v) is 10.2. The van der Waals surface area contributed by atoms with Gasteiger partial charge in [0, 0.05) is 12.4 Å². The van der Waals surface area contributed by atoms with Gasteiger partial charge in [-0.05, 0) is 32.3 Å². The molecule has 1 aromatic heterocycles. The maximum Gasteiger partial charge on any atom is 0.0776 e. The van der Waals surface area contributed by atoms with Crippen LogP contribution in [0.25, 0.3) is 0 Å². The van der Waals surface area contributed by atoms with Gasteiger partial charge in [0.15, 0.2) is 0 Å². The topological polar surface area (TPSA) is 27.1 Å². The van der Waals surface area contributed by atoms with Crippen LogP contribution < -0.4 is 0 Å². The van der Waals surface area contributed by atoms with Crippen molar-refractivity contribution in [2.75, 3.05) is 0 Å².